The van der Waals surface area contributed by atoms with Crippen molar-refractivity contribution in [1.82, 2.24) is 14.9 Å². The molecule has 7 heteroatoms. The first-order valence-corrected chi connectivity index (χ1v) is 10.2. The Morgan fingerprint density at radius 3 is 2.33 bits per heavy atom. The fourth-order valence-corrected chi connectivity index (χ4v) is 3.89. The van der Waals surface area contributed by atoms with E-state index in [9.17, 15) is 0 Å². The topological polar surface area (TPSA) is 95.2 Å². The van der Waals surface area contributed by atoms with Gasteiger partial charge in [0.2, 0.25) is 0 Å². The fourth-order valence-electron chi connectivity index (χ4n) is 3.89. The summed E-state index contributed by atoms with van der Waals surface area (Å²) >= 11 is 0. The van der Waals surface area contributed by atoms with Crippen LogP contribution in [-0.4, -0.2) is 34.0 Å². The average Bonchev–Trinajstić information content (AvgIpc) is 3.12. The van der Waals surface area contributed by atoms with Crippen molar-refractivity contribution in [2.24, 2.45) is 5.73 Å². The highest BCUT2D eigenvalue weighted by atomic mass is 16.5. The Bertz CT molecular complexity index is 1150. The standard InChI is InChI=1S/C23H24N6O/c24-17-11-14-28(15-12-17)29-23-21(22(25)27-29)20(10-13-26-23)16-6-8-19(9-7-16)30-18-4-2-1-3-5-18/h1-10,13,17H,11-12,14-15,24H2,(H2,25,27). The van der Waals surface area contributed by atoms with Crippen LogP contribution in [0.3, 0.4) is 0 Å². The van der Waals surface area contributed by atoms with Crippen LogP contribution in [0.15, 0.2) is 66.9 Å². The molecule has 0 atom stereocenters. The smallest absolute Gasteiger partial charge is 0.183 e. The lowest BCUT2D eigenvalue weighted by Gasteiger charge is -2.31. The van der Waals surface area contributed by atoms with Gasteiger partial charge in [-0.2, -0.15) is 4.79 Å². The minimum absolute atomic E-state index is 0.251. The van der Waals surface area contributed by atoms with Gasteiger partial charge in [-0.3, -0.25) is 5.01 Å². The third-order valence-corrected chi connectivity index (χ3v) is 5.51. The summed E-state index contributed by atoms with van der Waals surface area (Å²) in [5.74, 6) is 2.07. The molecule has 0 unspecified atom stereocenters. The van der Waals surface area contributed by atoms with Crippen LogP contribution in [0.2, 0.25) is 0 Å². The van der Waals surface area contributed by atoms with Gasteiger partial charge in [-0.25, -0.2) is 4.98 Å². The second kappa shape index (κ2) is 7.68. The summed E-state index contributed by atoms with van der Waals surface area (Å²) in [4.78, 5) is 6.42. The van der Waals surface area contributed by atoms with Crippen molar-refractivity contribution in [2.45, 2.75) is 18.9 Å². The van der Waals surface area contributed by atoms with Gasteiger partial charge in [0.25, 0.3) is 0 Å². The minimum Gasteiger partial charge on any atom is -0.457 e. The number of piperidine rings is 1. The van der Waals surface area contributed by atoms with Gasteiger partial charge in [-0.15, -0.1) is 5.10 Å². The maximum atomic E-state index is 6.33. The Labute approximate surface area is 174 Å². The minimum atomic E-state index is 0.251. The van der Waals surface area contributed by atoms with E-state index in [1.165, 1.54) is 0 Å². The number of hydrogen-bond donors (Lipinski definition) is 2. The van der Waals surface area contributed by atoms with E-state index >= 15 is 0 Å². The van der Waals surface area contributed by atoms with Crippen LogP contribution >= 0.6 is 0 Å². The normalized spacial score (nSPS) is 14.9. The molecule has 0 bridgehead atoms. The molecule has 7 nitrogen and oxygen atoms in total. The molecule has 2 aromatic heterocycles. The van der Waals surface area contributed by atoms with E-state index in [1.54, 1.807) is 6.20 Å². The molecule has 1 fully saturated rings. The summed E-state index contributed by atoms with van der Waals surface area (Å²) in [6.07, 6.45) is 3.67. The number of para-hydroxylation sites is 1. The quantitative estimate of drug-likeness (QED) is 0.544. The van der Waals surface area contributed by atoms with Gasteiger partial charge in [0, 0.05) is 25.3 Å². The van der Waals surface area contributed by atoms with Crippen molar-refractivity contribution >= 4 is 16.9 Å². The lowest BCUT2D eigenvalue weighted by molar-refractivity contribution is 0.418. The molecule has 1 saturated heterocycles. The highest BCUT2D eigenvalue weighted by Gasteiger charge is 2.22. The fraction of sp³-hybridized carbons (Fsp3) is 0.217. The van der Waals surface area contributed by atoms with Gasteiger partial charge in [0.1, 0.15) is 11.5 Å². The van der Waals surface area contributed by atoms with E-state index in [-0.39, 0.29) is 6.04 Å². The van der Waals surface area contributed by atoms with Crippen molar-refractivity contribution in [3.8, 4) is 22.6 Å². The van der Waals surface area contributed by atoms with Crippen LogP contribution in [0.4, 0.5) is 5.82 Å². The van der Waals surface area contributed by atoms with Gasteiger partial charge in [0.15, 0.2) is 11.5 Å². The second-order valence-electron chi connectivity index (χ2n) is 7.56. The van der Waals surface area contributed by atoms with Crippen LogP contribution < -0.4 is 21.2 Å². The predicted octanol–water partition coefficient (Wildman–Crippen LogP) is 3.53. The van der Waals surface area contributed by atoms with E-state index in [1.807, 2.05) is 65.5 Å². The number of benzene rings is 2. The number of ether oxygens (including phenoxy) is 1. The number of aromatic nitrogens is 3. The Morgan fingerprint density at radius 2 is 1.60 bits per heavy atom. The van der Waals surface area contributed by atoms with Gasteiger partial charge < -0.3 is 16.2 Å². The summed E-state index contributed by atoms with van der Waals surface area (Å²) in [7, 11) is 0. The highest BCUT2D eigenvalue weighted by Crippen LogP contribution is 2.33. The first-order valence-electron chi connectivity index (χ1n) is 10.2. The molecule has 0 aliphatic carbocycles. The third-order valence-electron chi connectivity index (χ3n) is 5.51. The van der Waals surface area contributed by atoms with E-state index in [4.69, 9.17) is 16.2 Å². The maximum Gasteiger partial charge on any atom is 0.183 e. The predicted molar refractivity (Wildman–Crippen MR) is 119 cm³/mol. The third kappa shape index (κ3) is 3.44. The number of rotatable bonds is 4. The molecule has 0 amide bonds. The molecule has 5 rings (SSSR count). The van der Waals surface area contributed by atoms with Crippen molar-refractivity contribution in [2.75, 3.05) is 23.8 Å². The molecule has 0 radical (unpaired) electrons. The lowest BCUT2D eigenvalue weighted by atomic mass is 10.0. The Kier molecular flexibility index (Phi) is 4.72. The van der Waals surface area contributed by atoms with Crippen LogP contribution in [0.25, 0.3) is 22.2 Å². The van der Waals surface area contributed by atoms with E-state index < -0.39 is 0 Å². The molecule has 3 heterocycles. The van der Waals surface area contributed by atoms with Crippen molar-refractivity contribution in [3.05, 3.63) is 66.9 Å². The maximum absolute atomic E-state index is 6.33. The second-order valence-corrected chi connectivity index (χ2v) is 7.56. The lowest BCUT2D eigenvalue weighted by Crippen LogP contribution is -2.46. The molecule has 2 aromatic carbocycles. The molecule has 1 aliphatic rings. The van der Waals surface area contributed by atoms with Crippen molar-refractivity contribution in [3.63, 3.8) is 0 Å². The number of nitrogens with two attached hydrogens (primary N) is 2. The first-order chi connectivity index (χ1) is 14.7. The van der Waals surface area contributed by atoms with Crippen LogP contribution in [0.1, 0.15) is 12.8 Å². The average molecular weight is 400 g/mol. The van der Waals surface area contributed by atoms with E-state index in [0.29, 0.717) is 5.82 Å². The van der Waals surface area contributed by atoms with Gasteiger partial charge in [-0.1, -0.05) is 30.3 Å². The largest absolute Gasteiger partial charge is 0.457 e. The number of anilines is 1. The van der Waals surface area contributed by atoms with Gasteiger partial charge >= 0.3 is 0 Å². The number of nitrogen functional groups attached to an aromatic ring is 1. The van der Waals surface area contributed by atoms with Gasteiger partial charge in [0.05, 0.1) is 5.39 Å². The summed E-state index contributed by atoms with van der Waals surface area (Å²) < 4.78 is 5.90. The number of fused-ring (bicyclic) bond motifs is 1. The molecule has 1 aliphatic heterocycles. The Balaban J connectivity index is 1.47. The van der Waals surface area contributed by atoms with Crippen LogP contribution in [0, 0.1) is 0 Å². The molecule has 152 valence electrons. The first kappa shape index (κ1) is 18.4. The zero-order valence-corrected chi connectivity index (χ0v) is 16.6. The molecule has 4 aromatic rings. The Morgan fingerprint density at radius 1 is 0.900 bits per heavy atom. The monoisotopic (exact) mass is 400 g/mol. The summed E-state index contributed by atoms with van der Waals surface area (Å²) in [6.45, 7) is 1.68. The summed E-state index contributed by atoms with van der Waals surface area (Å²) in [5.41, 5.74) is 15.2. The van der Waals surface area contributed by atoms with Crippen LogP contribution in [-0.2, 0) is 0 Å². The summed E-state index contributed by atoms with van der Waals surface area (Å²) in [5, 5.41) is 7.62. The molecular formula is C23H24N6O. The number of hydrogen-bond acceptors (Lipinski definition) is 6. The van der Waals surface area contributed by atoms with Crippen molar-refractivity contribution in [1.29, 1.82) is 0 Å². The SMILES string of the molecule is Nc1nn(N2CCC(N)CC2)c2nccc(-c3ccc(Oc4ccccc4)cc3)c12. The molecule has 4 N–H and O–H groups in total. The zero-order valence-electron chi connectivity index (χ0n) is 16.6. The Hall–Kier alpha value is -3.58. The zero-order chi connectivity index (χ0) is 20.5. The molecule has 0 spiro atoms. The van der Waals surface area contributed by atoms with Crippen LogP contribution in [0.5, 0.6) is 11.5 Å². The molecular weight excluding hydrogens is 376 g/mol. The molecule has 0 saturated carbocycles. The number of pyridine rings is 1. The van der Waals surface area contributed by atoms with Crippen molar-refractivity contribution < 1.29 is 4.74 Å². The van der Waals surface area contributed by atoms with E-state index in [2.05, 4.69) is 15.1 Å². The summed E-state index contributed by atoms with van der Waals surface area (Å²) in [6, 6.07) is 19.9. The molecule has 30 heavy (non-hydrogen) atoms. The van der Waals surface area contributed by atoms with Gasteiger partial charge in [-0.05, 0) is 54.3 Å². The van der Waals surface area contributed by atoms with E-state index in [0.717, 1.165) is 59.6 Å². The highest BCUT2D eigenvalue weighted by molar-refractivity contribution is 6.00. The number of nitrogens with zero attached hydrogens (tertiary/aromatic N) is 4.